The van der Waals surface area contributed by atoms with E-state index in [9.17, 15) is 9.18 Å². The summed E-state index contributed by atoms with van der Waals surface area (Å²) in [5.74, 6) is -0.635. The smallest absolute Gasteiger partial charge is 0.307 e. The fourth-order valence-corrected chi connectivity index (χ4v) is 2.37. The highest BCUT2D eigenvalue weighted by Gasteiger charge is 2.27. The van der Waals surface area contributed by atoms with Crippen LogP contribution in [-0.4, -0.2) is 25.7 Å². The normalized spacial score (nSPS) is 19.0. The molecule has 0 aromatic heterocycles. The first-order chi connectivity index (χ1) is 8.61. The van der Waals surface area contributed by atoms with Gasteiger partial charge in [-0.1, -0.05) is 0 Å². The predicted octanol–water partition coefficient (Wildman–Crippen LogP) is 1.94. The molecule has 1 aromatic carbocycles. The summed E-state index contributed by atoms with van der Waals surface area (Å²) in [6, 6.07) is 4.78. The Bertz CT molecular complexity index is 451. The highest BCUT2D eigenvalue weighted by Crippen LogP contribution is 2.29. The van der Waals surface area contributed by atoms with Crippen molar-refractivity contribution in [3.05, 3.63) is 24.0 Å². The van der Waals surface area contributed by atoms with Crippen molar-refractivity contribution < 1.29 is 13.9 Å². The zero-order chi connectivity index (χ0) is 13.1. The Hall–Kier alpha value is -1.78. The first kappa shape index (κ1) is 12.7. The molecule has 1 aromatic rings. The number of anilines is 2. The number of ether oxygens (including phenoxy) is 1. The molecule has 98 valence electrons. The Morgan fingerprint density at radius 3 is 3.06 bits per heavy atom. The van der Waals surface area contributed by atoms with E-state index in [4.69, 9.17) is 5.73 Å². The molecule has 1 aliphatic heterocycles. The fraction of sp³-hybridized carbons (Fsp3) is 0.462. The molecule has 0 amide bonds. The topological polar surface area (TPSA) is 55.6 Å². The van der Waals surface area contributed by atoms with Gasteiger partial charge in [-0.15, -0.1) is 0 Å². The van der Waals surface area contributed by atoms with Crippen LogP contribution in [0, 0.1) is 5.82 Å². The van der Waals surface area contributed by atoms with E-state index in [0.29, 0.717) is 6.42 Å². The van der Waals surface area contributed by atoms with E-state index < -0.39 is 5.82 Å². The third kappa shape index (κ3) is 2.55. The Balaban J connectivity index is 2.15. The van der Waals surface area contributed by atoms with Crippen molar-refractivity contribution >= 4 is 17.3 Å². The van der Waals surface area contributed by atoms with E-state index in [0.717, 1.165) is 25.1 Å². The van der Waals surface area contributed by atoms with Gasteiger partial charge in [-0.05, 0) is 31.0 Å². The number of hydrogen-bond donors (Lipinski definition) is 1. The van der Waals surface area contributed by atoms with Crippen molar-refractivity contribution in [2.75, 3.05) is 24.3 Å². The Morgan fingerprint density at radius 2 is 2.39 bits per heavy atom. The lowest BCUT2D eigenvalue weighted by Gasteiger charge is -2.26. The molecule has 1 aliphatic rings. The van der Waals surface area contributed by atoms with Crippen molar-refractivity contribution in [3.8, 4) is 0 Å². The van der Waals surface area contributed by atoms with Gasteiger partial charge in [-0.25, -0.2) is 4.39 Å². The number of esters is 1. The number of carbonyl (C=O) groups excluding carboxylic acids is 1. The summed E-state index contributed by atoms with van der Waals surface area (Å²) < 4.78 is 17.8. The van der Waals surface area contributed by atoms with Gasteiger partial charge in [0.2, 0.25) is 0 Å². The SMILES string of the molecule is COC(=O)C[C@H]1CCCN1c1ccc(F)c(N)c1. The minimum Gasteiger partial charge on any atom is -0.469 e. The van der Waals surface area contributed by atoms with Gasteiger partial charge in [0.25, 0.3) is 0 Å². The first-order valence-corrected chi connectivity index (χ1v) is 6.00. The molecule has 2 rings (SSSR count). The van der Waals surface area contributed by atoms with Gasteiger partial charge in [-0.2, -0.15) is 0 Å². The molecular formula is C13H17FN2O2. The second kappa shape index (κ2) is 5.25. The highest BCUT2D eigenvalue weighted by molar-refractivity contribution is 5.71. The summed E-state index contributed by atoms with van der Waals surface area (Å²) in [5.41, 5.74) is 6.56. The van der Waals surface area contributed by atoms with E-state index in [1.807, 2.05) is 0 Å². The summed E-state index contributed by atoms with van der Waals surface area (Å²) in [6.45, 7) is 0.854. The summed E-state index contributed by atoms with van der Waals surface area (Å²) in [6.07, 6.45) is 2.30. The van der Waals surface area contributed by atoms with Crippen molar-refractivity contribution in [1.82, 2.24) is 0 Å². The quantitative estimate of drug-likeness (QED) is 0.659. The Labute approximate surface area is 106 Å². The van der Waals surface area contributed by atoms with Gasteiger partial charge in [0.05, 0.1) is 19.2 Å². The number of methoxy groups -OCH3 is 1. The van der Waals surface area contributed by atoms with Crippen LogP contribution in [0.1, 0.15) is 19.3 Å². The number of nitrogens with two attached hydrogens (primary N) is 1. The molecule has 0 unspecified atom stereocenters. The van der Waals surface area contributed by atoms with E-state index in [1.165, 1.54) is 13.2 Å². The lowest BCUT2D eigenvalue weighted by molar-refractivity contribution is -0.140. The number of nitrogen functional groups attached to an aromatic ring is 1. The van der Waals surface area contributed by atoms with E-state index in [-0.39, 0.29) is 17.7 Å². The van der Waals surface area contributed by atoms with Gasteiger partial charge in [0, 0.05) is 18.3 Å². The van der Waals surface area contributed by atoms with Crippen molar-refractivity contribution in [3.63, 3.8) is 0 Å². The average Bonchev–Trinajstić information content (AvgIpc) is 2.80. The monoisotopic (exact) mass is 252 g/mol. The van der Waals surface area contributed by atoms with Gasteiger partial charge < -0.3 is 15.4 Å². The number of carbonyl (C=O) groups is 1. The lowest BCUT2D eigenvalue weighted by Crippen LogP contribution is -2.31. The Kier molecular flexibility index (Phi) is 3.69. The fourth-order valence-electron chi connectivity index (χ4n) is 2.37. The third-order valence-electron chi connectivity index (χ3n) is 3.32. The number of halogens is 1. The van der Waals surface area contributed by atoms with Crippen LogP contribution in [0.15, 0.2) is 18.2 Å². The maximum atomic E-state index is 13.1. The van der Waals surface area contributed by atoms with Crippen LogP contribution in [-0.2, 0) is 9.53 Å². The lowest BCUT2D eigenvalue weighted by atomic mass is 10.1. The van der Waals surface area contributed by atoms with Crippen molar-refractivity contribution in [2.24, 2.45) is 0 Å². The number of nitrogens with zero attached hydrogens (tertiary/aromatic N) is 1. The largest absolute Gasteiger partial charge is 0.469 e. The molecule has 1 saturated heterocycles. The minimum absolute atomic E-state index is 0.113. The van der Waals surface area contributed by atoms with Crippen molar-refractivity contribution in [2.45, 2.75) is 25.3 Å². The third-order valence-corrected chi connectivity index (χ3v) is 3.32. The van der Waals surface area contributed by atoms with E-state index in [1.54, 1.807) is 12.1 Å². The van der Waals surface area contributed by atoms with Crippen LogP contribution in [0.3, 0.4) is 0 Å². The molecule has 2 N–H and O–H groups in total. The molecule has 0 spiro atoms. The van der Waals surface area contributed by atoms with Gasteiger partial charge >= 0.3 is 5.97 Å². The molecule has 5 heteroatoms. The Morgan fingerprint density at radius 1 is 1.61 bits per heavy atom. The van der Waals surface area contributed by atoms with Gasteiger partial charge in [0.1, 0.15) is 5.82 Å². The van der Waals surface area contributed by atoms with Crippen LogP contribution in [0.2, 0.25) is 0 Å². The minimum atomic E-state index is -0.414. The standard InChI is InChI=1S/C13H17FN2O2/c1-18-13(17)8-9-3-2-6-16(9)10-4-5-11(14)12(15)7-10/h4-5,7,9H,2-3,6,8,15H2,1H3/t9-/m1/s1. The van der Waals surface area contributed by atoms with Crippen LogP contribution in [0.5, 0.6) is 0 Å². The summed E-state index contributed by atoms with van der Waals surface area (Å²) in [4.78, 5) is 13.4. The number of rotatable bonds is 3. The molecule has 18 heavy (non-hydrogen) atoms. The maximum absolute atomic E-state index is 13.1. The van der Waals surface area contributed by atoms with Crippen LogP contribution in [0.25, 0.3) is 0 Å². The van der Waals surface area contributed by atoms with Crippen LogP contribution >= 0.6 is 0 Å². The molecule has 4 nitrogen and oxygen atoms in total. The van der Waals surface area contributed by atoms with E-state index in [2.05, 4.69) is 9.64 Å². The summed E-state index contributed by atoms with van der Waals surface area (Å²) in [5, 5.41) is 0. The number of hydrogen-bond acceptors (Lipinski definition) is 4. The second-order valence-electron chi connectivity index (χ2n) is 4.48. The molecular weight excluding hydrogens is 235 g/mol. The average molecular weight is 252 g/mol. The zero-order valence-corrected chi connectivity index (χ0v) is 10.4. The zero-order valence-electron chi connectivity index (χ0n) is 10.4. The summed E-state index contributed by atoms with van der Waals surface area (Å²) >= 11 is 0. The van der Waals surface area contributed by atoms with E-state index >= 15 is 0 Å². The van der Waals surface area contributed by atoms with Crippen molar-refractivity contribution in [1.29, 1.82) is 0 Å². The second-order valence-corrected chi connectivity index (χ2v) is 4.48. The van der Waals surface area contributed by atoms with Crippen LogP contribution in [0.4, 0.5) is 15.8 Å². The molecule has 0 bridgehead atoms. The molecule has 0 aliphatic carbocycles. The predicted molar refractivity (Wildman–Crippen MR) is 67.8 cm³/mol. The molecule has 1 heterocycles. The molecule has 1 fully saturated rings. The molecule has 1 atom stereocenters. The maximum Gasteiger partial charge on any atom is 0.307 e. The number of benzene rings is 1. The first-order valence-electron chi connectivity index (χ1n) is 6.00. The van der Waals surface area contributed by atoms with Gasteiger partial charge in [-0.3, -0.25) is 4.79 Å². The van der Waals surface area contributed by atoms with Gasteiger partial charge in [0.15, 0.2) is 0 Å². The highest BCUT2D eigenvalue weighted by atomic mass is 19.1. The molecule has 0 saturated carbocycles. The molecule has 0 radical (unpaired) electrons. The summed E-state index contributed by atoms with van der Waals surface area (Å²) in [7, 11) is 1.39. The van der Waals surface area contributed by atoms with Crippen LogP contribution < -0.4 is 10.6 Å².